The number of aryl methyl sites for hydroxylation is 1. The summed E-state index contributed by atoms with van der Waals surface area (Å²) in [5, 5.41) is 8.18. The van der Waals surface area contributed by atoms with Crippen LogP contribution in [-0.2, 0) is 6.54 Å². The quantitative estimate of drug-likeness (QED) is 0.742. The van der Waals surface area contributed by atoms with E-state index in [0.717, 1.165) is 10.9 Å². The molecule has 0 bridgehead atoms. The van der Waals surface area contributed by atoms with Crippen LogP contribution in [0.2, 0.25) is 0 Å². The van der Waals surface area contributed by atoms with Gasteiger partial charge in [0.25, 0.3) is 11.5 Å². The van der Waals surface area contributed by atoms with Gasteiger partial charge in [-0.25, -0.2) is 4.68 Å². The molecule has 1 aromatic heterocycles. The maximum absolute atomic E-state index is 12.7. The smallest absolute Gasteiger partial charge is 0.276 e. The number of rotatable bonds is 4. The molecule has 0 aliphatic rings. The summed E-state index contributed by atoms with van der Waals surface area (Å²) in [6, 6.07) is 14.4. The topological polar surface area (TPSA) is 64.0 Å². The van der Waals surface area contributed by atoms with Crippen LogP contribution in [0.15, 0.2) is 57.8 Å². The molecule has 0 unspecified atom stereocenters. The monoisotopic (exact) mass is 385 g/mol. The van der Waals surface area contributed by atoms with Crippen molar-refractivity contribution in [3.8, 4) is 0 Å². The number of carbonyl (C=O) groups is 1. The first-order valence-corrected chi connectivity index (χ1v) is 8.46. The third-order valence-electron chi connectivity index (χ3n) is 3.60. The van der Waals surface area contributed by atoms with Crippen molar-refractivity contribution in [3.63, 3.8) is 0 Å². The van der Waals surface area contributed by atoms with Gasteiger partial charge in [0, 0.05) is 22.1 Å². The minimum Gasteiger partial charge on any atom is -0.321 e. The van der Waals surface area contributed by atoms with Crippen LogP contribution in [0, 0.1) is 0 Å². The number of hydrogen-bond donors (Lipinski definition) is 1. The summed E-state index contributed by atoms with van der Waals surface area (Å²) in [6.07, 6.45) is 0.762. The van der Waals surface area contributed by atoms with Crippen molar-refractivity contribution in [2.45, 2.75) is 19.9 Å². The van der Waals surface area contributed by atoms with Gasteiger partial charge in [0.05, 0.1) is 5.39 Å². The second kappa shape index (κ2) is 6.97. The number of nitrogens with one attached hydrogen (secondary N) is 1. The van der Waals surface area contributed by atoms with Crippen molar-refractivity contribution in [2.24, 2.45) is 0 Å². The number of aromatic nitrogens is 2. The molecule has 1 heterocycles. The molecule has 0 saturated carbocycles. The average molecular weight is 386 g/mol. The van der Waals surface area contributed by atoms with Gasteiger partial charge in [-0.15, -0.1) is 0 Å². The van der Waals surface area contributed by atoms with Gasteiger partial charge >= 0.3 is 0 Å². The van der Waals surface area contributed by atoms with E-state index in [2.05, 4.69) is 26.3 Å². The summed E-state index contributed by atoms with van der Waals surface area (Å²) < 4.78 is 2.23. The molecule has 0 aliphatic carbocycles. The first kappa shape index (κ1) is 16.4. The van der Waals surface area contributed by atoms with E-state index in [1.165, 1.54) is 4.68 Å². The Morgan fingerprint density at radius 2 is 1.92 bits per heavy atom. The number of hydrogen-bond acceptors (Lipinski definition) is 3. The molecule has 0 aliphatic heterocycles. The lowest BCUT2D eigenvalue weighted by Gasteiger charge is -2.11. The molecular weight excluding hydrogens is 370 g/mol. The summed E-state index contributed by atoms with van der Waals surface area (Å²) in [6.45, 7) is 2.44. The summed E-state index contributed by atoms with van der Waals surface area (Å²) in [5.41, 5.74) is 0.735. The highest BCUT2D eigenvalue weighted by Crippen LogP contribution is 2.18. The zero-order valence-corrected chi connectivity index (χ0v) is 14.7. The fourth-order valence-corrected chi connectivity index (χ4v) is 2.92. The Balaban J connectivity index is 2.09. The highest BCUT2D eigenvalue weighted by molar-refractivity contribution is 9.10. The molecular formula is C18H16BrN3O2. The van der Waals surface area contributed by atoms with E-state index in [-0.39, 0.29) is 17.2 Å². The summed E-state index contributed by atoms with van der Waals surface area (Å²) in [4.78, 5) is 25.2. The zero-order chi connectivity index (χ0) is 17.1. The lowest BCUT2D eigenvalue weighted by atomic mass is 10.1. The Labute approximate surface area is 147 Å². The van der Waals surface area contributed by atoms with E-state index in [9.17, 15) is 9.59 Å². The summed E-state index contributed by atoms with van der Waals surface area (Å²) in [5.74, 6) is -0.339. The predicted octanol–water partition coefficient (Wildman–Crippen LogP) is 3.82. The summed E-state index contributed by atoms with van der Waals surface area (Å²) >= 11 is 3.38. The van der Waals surface area contributed by atoms with Crippen LogP contribution >= 0.6 is 15.9 Å². The molecule has 24 heavy (non-hydrogen) atoms. The number of benzene rings is 2. The lowest BCUT2D eigenvalue weighted by Crippen LogP contribution is -2.27. The van der Waals surface area contributed by atoms with Gasteiger partial charge in [0.15, 0.2) is 5.69 Å². The van der Waals surface area contributed by atoms with Crippen LogP contribution in [-0.4, -0.2) is 15.7 Å². The van der Waals surface area contributed by atoms with Crippen LogP contribution < -0.4 is 10.9 Å². The molecule has 0 spiro atoms. The van der Waals surface area contributed by atoms with E-state index in [1.54, 1.807) is 30.3 Å². The first-order valence-electron chi connectivity index (χ1n) is 7.67. The maximum Gasteiger partial charge on any atom is 0.276 e. The molecule has 6 heteroatoms. The molecule has 0 radical (unpaired) electrons. The van der Waals surface area contributed by atoms with Crippen LogP contribution in [0.25, 0.3) is 10.8 Å². The number of amides is 1. The van der Waals surface area contributed by atoms with Crippen LogP contribution in [0.3, 0.4) is 0 Å². The number of halogens is 1. The molecule has 0 fully saturated rings. The van der Waals surface area contributed by atoms with Crippen molar-refractivity contribution < 1.29 is 4.79 Å². The molecule has 1 N–H and O–H groups in total. The first-order chi connectivity index (χ1) is 11.6. The largest absolute Gasteiger partial charge is 0.321 e. The molecule has 122 valence electrons. The van der Waals surface area contributed by atoms with Crippen molar-refractivity contribution in [1.29, 1.82) is 0 Å². The molecule has 1 amide bonds. The Morgan fingerprint density at radius 1 is 1.17 bits per heavy atom. The zero-order valence-electron chi connectivity index (χ0n) is 13.1. The Bertz CT molecular complexity index is 966. The van der Waals surface area contributed by atoms with Gasteiger partial charge in [0.1, 0.15) is 0 Å². The number of fused-ring (bicyclic) bond motifs is 1. The van der Waals surface area contributed by atoms with E-state index in [1.807, 2.05) is 25.1 Å². The van der Waals surface area contributed by atoms with Crippen molar-refractivity contribution in [2.75, 3.05) is 5.32 Å². The molecule has 3 rings (SSSR count). The predicted molar refractivity (Wildman–Crippen MR) is 98.4 cm³/mol. The molecule has 2 aromatic carbocycles. The van der Waals surface area contributed by atoms with Gasteiger partial charge in [-0.05, 0) is 30.7 Å². The normalized spacial score (nSPS) is 10.8. The van der Waals surface area contributed by atoms with E-state index in [0.29, 0.717) is 23.0 Å². The third kappa shape index (κ3) is 3.23. The standard InChI is InChI=1S/C18H16BrN3O2/c1-2-10-22-18(24)15-9-4-3-8-14(15)16(21-22)17(23)20-13-7-5-6-12(19)11-13/h3-9,11H,2,10H2,1H3,(H,20,23). The van der Waals surface area contributed by atoms with Crippen LogP contribution in [0.5, 0.6) is 0 Å². The maximum atomic E-state index is 12.7. The third-order valence-corrected chi connectivity index (χ3v) is 4.09. The van der Waals surface area contributed by atoms with Crippen molar-refractivity contribution in [3.05, 3.63) is 69.1 Å². The van der Waals surface area contributed by atoms with Gasteiger partial charge in [-0.1, -0.05) is 47.1 Å². The number of anilines is 1. The second-order valence-electron chi connectivity index (χ2n) is 5.39. The molecule has 3 aromatic rings. The van der Waals surface area contributed by atoms with Crippen molar-refractivity contribution >= 4 is 38.3 Å². The number of carbonyl (C=O) groups excluding carboxylic acids is 1. The van der Waals surface area contributed by atoms with Crippen molar-refractivity contribution in [1.82, 2.24) is 9.78 Å². The summed E-state index contributed by atoms with van der Waals surface area (Å²) in [7, 11) is 0. The van der Waals surface area contributed by atoms with Crippen LogP contribution in [0.1, 0.15) is 23.8 Å². The highest BCUT2D eigenvalue weighted by Gasteiger charge is 2.16. The minimum atomic E-state index is -0.339. The van der Waals surface area contributed by atoms with E-state index < -0.39 is 0 Å². The second-order valence-corrected chi connectivity index (χ2v) is 6.30. The number of nitrogens with zero attached hydrogens (tertiary/aromatic N) is 2. The van der Waals surface area contributed by atoms with E-state index in [4.69, 9.17) is 0 Å². The van der Waals surface area contributed by atoms with E-state index >= 15 is 0 Å². The Morgan fingerprint density at radius 3 is 2.62 bits per heavy atom. The fourth-order valence-electron chi connectivity index (χ4n) is 2.52. The lowest BCUT2D eigenvalue weighted by molar-refractivity contribution is 0.102. The highest BCUT2D eigenvalue weighted by atomic mass is 79.9. The minimum absolute atomic E-state index is 0.175. The Kier molecular flexibility index (Phi) is 4.76. The molecule has 0 saturated heterocycles. The SMILES string of the molecule is CCCn1nc(C(=O)Nc2cccc(Br)c2)c2ccccc2c1=O. The van der Waals surface area contributed by atoms with Gasteiger partial charge < -0.3 is 5.32 Å². The van der Waals surface area contributed by atoms with Gasteiger partial charge in [-0.2, -0.15) is 5.10 Å². The fraction of sp³-hybridized carbons (Fsp3) is 0.167. The average Bonchev–Trinajstić information content (AvgIpc) is 2.57. The molecule has 5 nitrogen and oxygen atoms in total. The van der Waals surface area contributed by atoms with Gasteiger partial charge in [0.2, 0.25) is 0 Å². The van der Waals surface area contributed by atoms with Crippen LogP contribution in [0.4, 0.5) is 5.69 Å². The Hall–Kier alpha value is -2.47. The van der Waals surface area contributed by atoms with Gasteiger partial charge in [-0.3, -0.25) is 9.59 Å². The molecule has 0 atom stereocenters.